The first-order valence-electron chi connectivity index (χ1n) is 6.52. The predicted molar refractivity (Wildman–Crippen MR) is 71.8 cm³/mol. The summed E-state index contributed by atoms with van der Waals surface area (Å²) in [6, 6.07) is 2.32. The van der Waals surface area contributed by atoms with Gasteiger partial charge in [0.05, 0.1) is 13.2 Å². The molecule has 5 heteroatoms. The molecule has 0 saturated carbocycles. The molecule has 1 aliphatic rings. The second kappa shape index (κ2) is 6.11. The average Bonchev–Trinajstić information content (AvgIpc) is 2.28. The number of nitrogens with zero attached hydrogens (tertiary/aromatic N) is 3. The Morgan fingerprint density at radius 2 is 1.89 bits per heavy atom. The fourth-order valence-corrected chi connectivity index (χ4v) is 2.23. The lowest BCUT2D eigenvalue weighted by Gasteiger charge is -2.29. The third-order valence-electron chi connectivity index (χ3n) is 2.99. The van der Waals surface area contributed by atoms with Crippen LogP contribution in [0.4, 0.5) is 5.95 Å². The summed E-state index contributed by atoms with van der Waals surface area (Å²) in [5.41, 5.74) is 2.01. The molecule has 100 valence electrons. The van der Waals surface area contributed by atoms with Gasteiger partial charge in [-0.1, -0.05) is 0 Å². The summed E-state index contributed by atoms with van der Waals surface area (Å²) in [6.45, 7) is 10.9. The van der Waals surface area contributed by atoms with Crippen LogP contribution in [-0.4, -0.2) is 53.8 Å². The molecule has 2 heterocycles. The molecule has 1 fully saturated rings. The predicted octanol–water partition coefficient (Wildman–Crippen LogP) is 1.23. The monoisotopic (exact) mass is 250 g/mol. The van der Waals surface area contributed by atoms with Crippen LogP contribution in [-0.2, 0) is 4.74 Å². The topological polar surface area (TPSA) is 50.3 Å². The summed E-state index contributed by atoms with van der Waals surface area (Å²) >= 11 is 0. The van der Waals surface area contributed by atoms with Gasteiger partial charge in [0.1, 0.15) is 0 Å². The molecule has 0 amide bonds. The smallest absolute Gasteiger partial charge is 0.223 e. The van der Waals surface area contributed by atoms with Crippen molar-refractivity contribution in [3.8, 4) is 0 Å². The highest BCUT2D eigenvalue weighted by Gasteiger charge is 2.14. The second-order valence-electron chi connectivity index (χ2n) is 4.93. The van der Waals surface area contributed by atoms with Crippen molar-refractivity contribution in [2.75, 3.05) is 38.2 Å². The standard InChI is InChI=1S/C13H22N4O/c1-10-8-11(2)15-13(14-10)16-12(3)9-17-4-6-18-7-5-17/h8,12H,4-7,9H2,1-3H3,(H,14,15,16)/t12-/m1/s1. The van der Waals surface area contributed by atoms with Gasteiger partial charge in [0.2, 0.25) is 5.95 Å². The Labute approximate surface area is 109 Å². The molecule has 0 aliphatic carbocycles. The molecule has 5 nitrogen and oxygen atoms in total. The average molecular weight is 250 g/mol. The van der Waals surface area contributed by atoms with Gasteiger partial charge >= 0.3 is 0 Å². The Morgan fingerprint density at radius 1 is 1.28 bits per heavy atom. The fourth-order valence-electron chi connectivity index (χ4n) is 2.23. The third kappa shape index (κ3) is 3.92. The van der Waals surface area contributed by atoms with Gasteiger partial charge in [-0.25, -0.2) is 9.97 Å². The van der Waals surface area contributed by atoms with Crippen molar-refractivity contribution in [2.45, 2.75) is 26.8 Å². The van der Waals surface area contributed by atoms with Gasteiger partial charge in [0, 0.05) is 37.1 Å². The molecule has 1 aromatic heterocycles. The van der Waals surface area contributed by atoms with E-state index in [-0.39, 0.29) is 0 Å². The molecule has 2 rings (SSSR count). The van der Waals surface area contributed by atoms with Crippen LogP contribution in [0.2, 0.25) is 0 Å². The molecule has 0 radical (unpaired) electrons. The summed E-state index contributed by atoms with van der Waals surface area (Å²) in [6.07, 6.45) is 0. The van der Waals surface area contributed by atoms with Gasteiger partial charge in [-0.2, -0.15) is 0 Å². The Morgan fingerprint density at radius 3 is 2.50 bits per heavy atom. The van der Waals surface area contributed by atoms with Crippen LogP contribution < -0.4 is 5.32 Å². The van der Waals surface area contributed by atoms with E-state index in [4.69, 9.17) is 4.74 Å². The van der Waals surface area contributed by atoms with Crippen molar-refractivity contribution in [2.24, 2.45) is 0 Å². The maximum absolute atomic E-state index is 5.34. The Hall–Kier alpha value is -1.20. The van der Waals surface area contributed by atoms with Crippen LogP contribution >= 0.6 is 0 Å². The lowest BCUT2D eigenvalue weighted by molar-refractivity contribution is 0.0368. The lowest BCUT2D eigenvalue weighted by Crippen LogP contribution is -2.42. The first kappa shape index (κ1) is 13.2. The maximum Gasteiger partial charge on any atom is 0.223 e. The van der Waals surface area contributed by atoms with Crippen molar-refractivity contribution < 1.29 is 4.74 Å². The summed E-state index contributed by atoms with van der Waals surface area (Å²) in [5.74, 6) is 0.730. The van der Waals surface area contributed by atoms with E-state index in [1.54, 1.807) is 0 Å². The fraction of sp³-hybridized carbons (Fsp3) is 0.692. The number of aryl methyl sites for hydroxylation is 2. The van der Waals surface area contributed by atoms with Crippen molar-refractivity contribution in [3.05, 3.63) is 17.5 Å². The second-order valence-corrected chi connectivity index (χ2v) is 4.93. The van der Waals surface area contributed by atoms with Gasteiger partial charge in [-0.15, -0.1) is 0 Å². The van der Waals surface area contributed by atoms with E-state index in [2.05, 4.69) is 27.1 Å². The van der Waals surface area contributed by atoms with Gasteiger partial charge in [-0.3, -0.25) is 4.90 Å². The first-order valence-corrected chi connectivity index (χ1v) is 6.52. The molecule has 1 aliphatic heterocycles. The molecule has 1 saturated heterocycles. The highest BCUT2D eigenvalue weighted by Crippen LogP contribution is 2.06. The number of morpholine rings is 1. The zero-order valence-electron chi connectivity index (χ0n) is 11.4. The number of hydrogen-bond donors (Lipinski definition) is 1. The molecule has 1 atom stereocenters. The Kier molecular flexibility index (Phi) is 4.49. The number of ether oxygens (including phenoxy) is 1. The summed E-state index contributed by atoms with van der Waals surface area (Å²) in [4.78, 5) is 11.2. The van der Waals surface area contributed by atoms with Crippen LogP contribution in [0, 0.1) is 13.8 Å². The van der Waals surface area contributed by atoms with E-state index in [1.807, 2.05) is 19.9 Å². The SMILES string of the molecule is Cc1cc(C)nc(N[C@H](C)CN2CCOCC2)n1. The summed E-state index contributed by atoms with van der Waals surface area (Å²) < 4.78 is 5.34. The summed E-state index contributed by atoms with van der Waals surface area (Å²) in [5, 5.41) is 3.37. The third-order valence-corrected chi connectivity index (χ3v) is 2.99. The van der Waals surface area contributed by atoms with E-state index < -0.39 is 0 Å². The van der Waals surface area contributed by atoms with Gasteiger partial charge in [0.25, 0.3) is 0 Å². The highest BCUT2D eigenvalue weighted by molar-refractivity contribution is 5.28. The largest absolute Gasteiger partial charge is 0.379 e. The normalized spacial score (nSPS) is 18.6. The van der Waals surface area contributed by atoms with Gasteiger partial charge in [-0.05, 0) is 26.8 Å². The number of rotatable bonds is 4. The van der Waals surface area contributed by atoms with E-state index >= 15 is 0 Å². The quantitative estimate of drug-likeness (QED) is 0.871. The molecule has 0 aromatic carbocycles. The minimum absolute atomic E-state index is 0.337. The first-order chi connectivity index (χ1) is 8.63. The van der Waals surface area contributed by atoms with Crippen LogP contribution in [0.3, 0.4) is 0 Å². The lowest BCUT2D eigenvalue weighted by atomic mass is 10.3. The van der Waals surface area contributed by atoms with E-state index in [9.17, 15) is 0 Å². The molecule has 0 unspecified atom stereocenters. The van der Waals surface area contributed by atoms with Crippen LogP contribution in [0.25, 0.3) is 0 Å². The molecular weight excluding hydrogens is 228 g/mol. The maximum atomic E-state index is 5.34. The van der Waals surface area contributed by atoms with Crippen molar-refractivity contribution in [1.82, 2.24) is 14.9 Å². The van der Waals surface area contributed by atoms with Gasteiger partial charge < -0.3 is 10.1 Å². The van der Waals surface area contributed by atoms with Crippen molar-refractivity contribution in [1.29, 1.82) is 0 Å². The Balaban J connectivity index is 1.87. The minimum atomic E-state index is 0.337. The zero-order chi connectivity index (χ0) is 13.0. The molecule has 18 heavy (non-hydrogen) atoms. The zero-order valence-corrected chi connectivity index (χ0v) is 11.4. The van der Waals surface area contributed by atoms with E-state index in [1.165, 1.54) is 0 Å². The van der Waals surface area contributed by atoms with Crippen LogP contribution in [0.5, 0.6) is 0 Å². The highest BCUT2D eigenvalue weighted by atomic mass is 16.5. The molecule has 1 aromatic rings. The van der Waals surface area contributed by atoms with E-state index in [0.717, 1.165) is 50.2 Å². The summed E-state index contributed by atoms with van der Waals surface area (Å²) in [7, 11) is 0. The molecular formula is C13H22N4O. The number of anilines is 1. The van der Waals surface area contributed by atoms with Crippen molar-refractivity contribution >= 4 is 5.95 Å². The molecule has 0 bridgehead atoms. The number of aromatic nitrogens is 2. The van der Waals surface area contributed by atoms with E-state index in [0.29, 0.717) is 6.04 Å². The molecule has 1 N–H and O–H groups in total. The minimum Gasteiger partial charge on any atom is -0.379 e. The van der Waals surface area contributed by atoms with Gasteiger partial charge in [0.15, 0.2) is 0 Å². The number of hydrogen-bond acceptors (Lipinski definition) is 5. The van der Waals surface area contributed by atoms with Crippen molar-refractivity contribution in [3.63, 3.8) is 0 Å². The van der Waals surface area contributed by atoms with Crippen LogP contribution in [0.1, 0.15) is 18.3 Å². The Bertz CT molecular complexity index is 370. The number of nitrogens with one attached hydrogen (secondary N) is 1. The molecule has 0 spiro atoms. The van der Waals surface area contributed by atoms with Crippen LogP contribution in [0.15, 0.2) is 6.07 Å².